The normalized spacial score (nSPS) is 15.0. The molecule has 1 atom stereocenters. The van der Waals surface area contributed by atoms with Gasteiger partial charge in [-0.25, -0.2) is 4.79 Å². The number of esters is 1. The van der Waals surface area contributed by atoms with E-state index in [0.717, 1.165) is 0 Å². The van der Waals surface area contributed by atoms with Crippen molar-refractivity contribution < 1.29 is 14.6 Å². The van der Waals surface area contributed by atoms with Gasteiger partial charge in [-0.2, -0.15) is 0 Å². The lowest BCUT2D eigenvalue weighted by Gasteiger charge is -2.30. The molecule has 0 aromatic carbocycles. The zero-order valence-electron chi connectivity index (χ0n) is 9.46. The van der Waals surface area contributed by atoms with Crippen molar-refractivity contribution in [2.75, 3.05) is 6.61 Å². The minimum atomic E-state index is -0.925. The van der Waals surface area contributed by atoms with E-state index in [2.05, 4.69) is 6.58 Å². The van der Waals surface area contributed by atoms with Crippen LogP contribution in [0.25, 0.3) is 0 Å². The number of aliphatic hydroxyl groups is 1. The van der Waals surface area contributed by atoms with E-state index in [9.17, 15) is 9.90 Å². The van der Waals surface area contributed by atoms with Crippen molar-refractivity contribution in [3.63, 3.8) is 0 Å². The number of carbonyl (C=O) groups is 1. The highest BCUT2D eigenvalue weighted by Crippen LogP contribution is 2.21. The molecule has 0 radical (unpaired) electrons. The molecular weight excluding hydrogens is 180 g/mol. The third-order valence-corrected chi connectivity index (χ3v) is 2.49. The molecule has 1 unspecified atom stereocenters. The van der Waals surface area contributed by atoms with E-state index in [1.807, 2.05) is 20.8 Å². The molecule has 0 aliphatic rings. The first kappa shape index (κ1) is 13.2. The molecule has 3 heteroatoms. The topological polar surface area (TPSA) is 46.5 Å². The SMILES string of the molecule is C=C(C)C(=O)OCC(O)(CC)C(C)C. The average molecular weight is 200 g/mol. The largest absolute Gasteiger partial charge is 0.459 e. The van der Waals surface area contributed by atoms with Gasteiger partial charge in [0.25, 0.3) is 0 Å². The first-order valence-electron chi connectivity index (χ1n) is 4.88. The van der Waals surface area contributed by atoms with Crippen molar-refractivity contribution in [1.29, 1.82) is 0 Å². The summed E-state index contributed by atoms with van der Waals surface area (Å²) in [6.45, 7) is 10.8. The predicted octanol–water partition coefficient (Wildman–Crippen LogP) is 1.90. The average Bonchev–Trinajstić information content (AvgIpc) is 2.12. The molecule has 0 fully saturated rings. The molecule has 3 nitrogen and oxygen atoms in total. The van der Waals surface area contributed by atoms with Gasteiger partial charge in [0.15, 0.2) is 0 Å². The third-order valence-electron chi connectivity index (χ3n) is 2.49. The Kier molecular flexibility index (Phi) is 4.85. The molecule has 0 bridgehead atoms. The Morgan fingerprint density at radius 1 is 1.57 bits per heavy atom. The molecular formula is C11H20O3. The van der Waals surface area contributed by atoms with E-state index in [-0.39, 0.29) is 12.5 Å². The van der Waals surface area contributed by atoms with E-state index in [4.69, 9.17) is 4.74 Å². The van der Waals surface area contributed by atoms with Crippen LogP contribution in [0.15, 0.2) is 12.2 Å². The number of hydrogen-bond acceptors (Lipinski definition) is 3. The molecule has 0 aromatic heterocycles. The minimum Gasteiger partial charge on any atom is -0.459 e. The molecule has 0 aliphatic carbocycles. The summed E-state index contributed by atoms with van der Waals surface area (Å²) >= 11 is 0. The summed E-state index contributed by atoms with van der Waals surface area (Å²) in [5.74, 6) is -0.386. The Morgan fingerprint density at radius 3 is 2.36 bits per heavy atom. The monoisotopic (exact) mass is 200 g/mol. The fourth-order valence-electron chi connectivity index (χ4n) is 0.991. The van der Waals surface area contributed by atoms with Gasteiger partial charge >= 0.3 is 5.97 Å². The Bertz CT molecular complexity index is 221. The molecule has 82 valence electrons. The number of carbonyl (C=O) groups excluding carboxylic acids is 1. The fraction of sp³-hybridized carbons (Fsp3) is 0.727. The summed E-state index contributed by atoms with van der Waals surface area (Å²) in [4.78, 5) is 11.1. The first-order valence-corrected chi connectivity index (χ1v) is 4.88. The summed E-state index contributed by atoms with van der Waals surface area (Å²) in [5.41, 5.74) is -0.572. The maximum atomic E-state index is 11.1. The highest BCUT2D eigenvalue weighted by Gasteiger charge is 2.30. The van der Waals surface area contributed by atoms with E-state index in [1.165, 1.54) is 0 Å². The third kappa shape index (κ3) is 3.50. The minimum absolute atomic E-state index is 0.0346. The van der Waals surface area contributed by atoms with Gasteiger partial charge in [0.05, 0.1) is 0 Å². The van der Waals surface area contributed by atoms with Crippen LogP contribution in [-0.4, -0.2) is 23.3 Å². The molecule has 0 spiro atoms. The van der Waals surface area contributed by atoms with Gasteiger partial charge < -0.3 is 9.84 Å². The fourth-order valence-corrected chi connectivity index (χ4v) is 0.991. The van der Waals surface area contributed by atoms with E-state index in [1.54, 1.807) is 6.92 Å². The van der Waals surface area contributed by atoms with Crippen molar-refractivity contribution in [2.45, 2.75) is 39.7 Å². The van der Waals surface area contributed by atoms with Gasteiger partial charge in [0.2, 0.25) is 0 Å². The van der Waals surface area contributed by atoms with Gasteiger partial charge in [-0.15, -0.1) is 0 Å². The zero-order valence-corrected chi connectivity index (χ0v) is 9.46. The zero-order chi connectivity index (χ0) is 11.4. The highest BCUT2D eigenvalue weighted by atomic mass is 16.5. The quantitative estimate of drug-likeness (QED) is 0.544. The maximum Gasteiger partial charge on any atom is 0.333 e. The molecule has 14 heavy (non-hydrogen) atoms. The lowest BCUT2D eigenvalue weighted by molar-refractivity contribution is -0.150. The summed E-state index contributed by atoms with van der Waals surface area (Å²) in [7, 11) is 0. The van der Waals surface area contributed by atoms with Crippen LogP contribution < -0.4 is 0 Å². The Balaban J connectivity index is 4.22. The molecule has 0 aromatic rings. The van der Waals surface area contributed by atoms with Crippen LogP contribution in [0.4, 0.5) is 0 Å². The van der Waals surface area contributed by atoms with E-state index >= 15 is 0 Å². The molecule has 0 amide bonds. The van der Waals surface area contributed by atoms with Gasteiger partial charge in [-0.05, 0) is 19.3 Å². The van der Waals surface area contributed by atoms with Gasteiger partial charge in [0.1, 0.15) is 12.2 Å². The van der Waals surface area contributed by atoms with Crippen LogP contribution in [0.5, 0.6) is 0 Å². The summed E-state index contributed by atoms with van der Waals surface area (Å²) in [6.07, 6.45) is 0.564. The van der Waals surface area contributed by atoms with Crippen molar-refractivity contribution in [1.82, 2.24) is 0 Å². The van der Waals surface area contributed by atoms with Crippen LogP contribution in [0.3, 0.4) is 0 Å². The molecule has 1 N–H and O–H groups in total. The van der Waals surface area contributed by atoms with Crippen molar-refractivity contribution in [3.8, 4) is 0 Å². The Hall–Kier alpha value is -0.830. The number of rotatable bonds is 5. The second-order valence-electron chi connectivity index (χ2n) is 3.97. The van der Waals surface area contributed by atoms with Crippen molar-refractivity contribution in [2.24, 2.45) is 5.92 Å². The van der Waals surface area contributed by atoms with Gasteiger partial charge in [-0.1, -0.05) is 27.4 Å². The van der Waals surface area contributed by atoms with Gasteiger partial charge in [0, 0.05) is 5.57 Å². The van der Waals surface area contributed by atoms with Crippen LogP contribution in [0.2, 0.25) is 0 Å². The second kappa shape index (κ2) is 5.15. The Morgan fingerprint density at radius 2 is 2.07 bits per heavy atom. The number of hydrogen-bond donors (Lipinski definition) is 1. The van der Waals surface area contributed by atoms with Crippen molar-refractivity contribution >= 4 is 5.97 Å². The first-order chi connectivity index (χ1) is 6.33. The molecule has 0 saturated carbocycles. The molecule has 0 aliphatic heterocycles. The summed E-state index contributed by atoms with van der Waals surface area (Å²) < 4.78 is 4.93. The van der Waals surface area contributed by atoms with E-state index in [0.29, 0.717) is 12.0 Å². The van der Waals surface area contributed by atoms with Crippen LogP contribution in [0, 0.1) is 5.92 Å². The lowest BCUT2D eigenvalue weighted by Crippen LogP contribution is -2.40. The van der Waals surface area contributed by atoms with Crippen LogP contribution in [-0.2, 0) is 9.53 Å². The molecule has 0 saturated heterocycles. The summed E-state index contributed by atoms with van der Waals surface area (Å²) in [6, 6.07) is 0. The standard InChI is InChI=1S/C11H20O3/c1-6-11(13,9(4)5)7-14-10(12)8(2)3/h9,13H,2,6-7H2,1,3-5H3. The maximum absolute atomic E-state index is 11.1. The Labute approximate surface area is 85.8 Å². The smallest absolute Gasteiger partial charge is 0.333 e. The number of ether oxygens (including phenoxy) is 1. The molecule has 0 rings (SSSR count). The van der Waals surface area contributed by atoms with Gasteiger partial charge in [-0.3, -0.25) is 0 Å². The molecule has 0 heterocycles. The van der Waals surface area contributed by atoms with Crippen molar-refractivity contribution in [3.05, 3.63) is 12.2 Å². The highest BCUT2D eigenvalue weighted by molar-refractivity contribution is 5.86. The van der Waals surface area contributed by atoms with Crippen LogP contribution in [0.1, 0.15) is 34.1 Å². The lowest BCUT2D eigenvalue weighted by atomic mass is 9.89. The summed E-state index contributed by atoms with van der Waals surface area (Å²) in [5, 5.41) is 10.0. The predicted molar refractivity (Wildman–Crippen MR) is 55.9 cm³/mol. The van der Waals surface area contributed by atoms with Crippen LogP contribution >= 0.6 is 0 Å². The second-order valence-corrected chi connectivity index (χ2v) is 3.97. The van der Waals surface area contributed by atoms with E-state index < -0.39 is 11.6 Å².